The molecule has 0 spiro atoms. The summed E-state index contributed by atoms with van der Waals surface area (Å²) in [4.78, 5) is 0. The third kappa shape index (κ3) is 2.89. The van der Waals surface area contributed by atoms with Crippen LogP contribution >= 0.6 is 0 Å². The Labute approximate surface area is 105 Å². The van der Waals surface area contributed by atoms with Crippen LogP contribution in [0.2, 0.25) is 0 Å². The highest BCUT2D eigenvalue weighted by atomic mass is 19.3. The molecule has 0 heterocycles. The number of aryl methyl sites for hydroxylation is 1. The average molecular weight is 255 g/mol. The predicted molar refractivity (Wildman–Crippen MR) is 63.0 cm³/mol. The lowest BCUT2D eigenvalue weighted by Crippen LogP contribution is -2.15. The van der Waals surface area contributed by atoms with Crippen molar-refractivity contribution in [3.63, 3.8) is 0 Å². The Morgan fingerprint density at radius 3 is 2.28 bits per heavy atom. The number of rotatable bonds is 5. The van der Waals surface area contributed by atoms with Crippen LogP contribution in [0, 0.1) is 18.3 Å². The van der Waals surface area contributed by atoms with Gasteiger partial charge in [-0.1, -0.05) is 0 Å². The summed E-state index contributed by atoms with van der Waals surface area (Å²) in [6, 6.07) is 4.51. The SMILES string of the molecule is COc1cc(C)c(C(F)(F)CCC#N)cc1OC. The van der Waals surface area contributed by atoms with Gasteiger partial charge in [-0.15, -0.1) is 0 Å². The van der Waals surface area contributed by atoms with E-state index in [1.807, 2.05) is 0 Å². The molecule has 0 bridgehead atoms. The van der Waals surface area contributed by atoms with Gasteiger partial charge in [0, 0.05) is 18.4 Å². The highest BCUT2D eigenvalue weighted by molar-refractivity contribution is 5.48. The fourth-order valence-electron chi connectivity index (χ4n) is 1.72. The smallest absolute Gasteiger partial charge is 0.274 e. The number of nitriles is 1. The third-order valence-electron chi connectivity index (χ3n) is 2.68. The van der Waals surface area contributed by atoms with Crippen LogP contribution in [0.15, 0.2) is 12.1 Å². The molecular formula is C13H15F2NO2. The van der Waals surface area contributed by atoms with Crippen LogP contribution in [0.4, 0.5) is 8.78 Å². The monoisotopic (exact) mass is 255 g/mol. The van der Waals surface area contributed by atoms with E-state index in [4.69, 9.17) is 14.7 Å². The molecule has 0 fully saturated rings. The molecule has 0 radical (unpaired) electrons. The molecule has 0 saturated heterocycles. The fraction of sp³-hybridized carbons (Fsp3) is 0.462. The van der Waals surface area contributed by atoms with Gasteiger partial charge < -0.3 is 9.47 Å². The Morgan fingerprint density at radius 1 is 1.22 bits per heavy atom. The molecule has 0 atom stereocenters. The second-order valence-electron chi connectivity index (χ2n) is 3.88. The Morgan fingerprint density at radius 2 is 1.78 bits per heavy atom. The highest BCUT2D eigenvalue weighted by Gasteiger charge is 2.33. The van der Waals surface area contributed by atoms with Gasteiger partial charge in [0.05, 0.1) is 20.3 Å². The molecule has 0 aliphatic rings. The summed E-state index contributed by atoms with van der Waals surface area (Å²) in [5, 5.41) is 8.40. The van der Waals surface area contributed by atoms with Crippen LogP contribution in [0.5, 0.6) is 11.5 Å². The molecular weight excluding hydrogens is 240 g/mol. The van der Waals surface area contributed by atoms with Crippen molar-refractivity contribution in [2.75, 3.05) is 14.2 Å². The predicted octanol–water partition coefficient (Wildman–Crippen LogP) is 3.41. The Bertz CT molecular complexity index is 467. The number of hydrogen-bond donors (Lipinski definition) is 0. The average Bonchev–Trinajstić information content (AvgIpc) is 2.35. The zero-order valence-corrected chi connectivity index (χ0v) is 10.6. The zero-order chi connectivity index (χ0) is 13.8. The minimum Gasteiger partial charge on any atom is -0.493 e. The van der Waals surface area contributed by atoms with Gasteiger partial charge in [-0.3, -0.25) is 0 Å². The van der Waals surface area contributed by atoms with Crippen LogP contribution in [-0.4, -0.2) is 14.2 Å². The number of nitrogens with zero attached hydrogens (tertiary/aromatic N) is 1. The van der Waals surface area contributed by atoms with Crippen LogP contribution < -0.4 is 9.47 Å². The maximum atomic E-state index is 13.9. The second kappa shape index (κ2) is 5.67. The molecule has 1 aromatic carbocycles. The molecule has 1 rings (SSSR count). The molecule has 0 aliphatic carbocycles. The molecule has 5 heteroatoms. The first kappa shape index (κ1) is 14.2. The molecule has 0 unspecified atom stereocenters. The molecule has 0 amide bonds. The van der Waals surface area contributed by atoms with E-state index < -0.39 is 12.3 Å². The van der Waals surface area contributed by atoms with Crippen LogP contribution in [0.3, 0.4) is 0 Å². The van der Waals surface area contributed by atoms with Crippen molar-refractivity contribution in [2.24, 2.45) is 0 Å². The van der Waals surface area contributed by atoms with Crippen LogP contribution in [0.25, 0.3) is 0 Å². The first-order chi connectivity index (χ1) is 8.46. The van der Waals surface area contributed by atoms with E-state index in [1.165, 1.54) is 26.4 Å². The Kier molecular flexibility index (Phi) is 4.49. The van der Waals surface area contributed by atoms with E-state index in [9.17, 15) is 8.78 Å². The number of hydrogen-bond acceptors (Lipinski definition) is 3. The largest absolute Gasteiger partial charge is 0.493 e. The molecule has 1 aromatic rings. The number of methoxy groups -OCH3 is 2. The number of ether oxygens (including phenoxy) is 2. The lowest BCUT2D eigenvalue weighted by atomic mass is 9.98. The van der Waals surface area contributed by atoms with E-state index in [0.717, 1.165) is 0 Å². The van der Waals surface area contributed by atoms with Crippen molar-refractivity contribution in [3.8, 4) is 17.6 Å². The first-order valence-electron chi connectivity index (χ1n) is 5.44. The minimum absolute atomic E-state index is 0.129. The van der Waals surface area contributed by atoms with Crippen molar-refractivity contribution in [2.45, 2.75) is 25.7 Å². The van der Waals surface area contributed by atoms with Crippen LogP contribution in [-0.2, 0) is 5.92 Å². The van der Waals surface area contributed by atoms with Crippen LogP contribution in [0.1, 0.15) is 24.0 Å². The van der Waals surface area contributed by atoms with Gasteiger partial charge >= 0.3 is 0 Å². The summed E-state index contributed by atoms with van der Waals surface area (Å²) in [5.41, 5.74) is 0.283. The van der Waals surface area contributed by atoms with Crippen molar-refractivity contribution < 1.29 is 18.3 Å². The molecule has 0 aliphatic heterocycles. The molecule has 18 heavy (non-hydrogen) atoms. The van der Waals surface area contributed by atoms with Gasteiger partial charge in [-0.25, -0.2) is 8.78 Å². The minimum atomic E-state index is -3.04. The standard InChI is InChI=1S/C13H15F2NO2/c1-9-7-11(17-2)12(18-3)8-10(9)13(14,15)5-4-6-16/h7-8H,4-5H2,1-3H3. The summed E-state index contributed by atoms with van der Waals surface area (Å²) < 4.78 is 37.9. The fourth-order valence-corrected chi connectivity index (χ4v) is 1.72. The van der Waals surface area contributed by atoms with Gasteiger partial charge in [-0.2, -0.15) is 5.26 Å². The van der Waals surface area contributed by atoms with Gasteiger partial charge in [0.25, 0.3) is 5.92 Å². The molecule has 0 aromatic heterocycles. The van der Waals surface area contributed by atoms with Crippen molar-refractivity contribution in [1.82, 2.24) is 0 Å². The van der Waals surface area contributed by atoms with E-state index in [-0.39, 0.29) is 17.7 Å². The Hall–Kier alpha value is -1.83. The number of halogens is 2. The maximum Gasteiger partial charge on any atom is 0.274 e. The summed E-state index contributed by atoms with van der Waals surface area (Å²) >= 11 is 0. The lowest BCUT2D eigenvalue weighted by molar-refractivity contribution is -0.0127. The molecule has 0 saturated carbocycles. The highest BCUT2D eigenvalue weighted by Crippen LogP contribution is 2.40. The summed E-state index contributed by atoms with van der Waals surface area (Å²) in [7, 11) is 2.84. The molecule has 3 nitrogen and oxygen atoms in total. The molecule has 0 N–H and O–H groups in total. The number of alkyl halides is 2. The molecule has 98 valence electrons. The topological polar surface area (TPSA) is 42.2 Å². The summed E-state index contributed by atoms with van der Waals surface area (Å²) in [6.07, 6.45) is -0.694. The van der Waals surface area contributed by atoms with Gasteiger partial charge in [0.2, 0.25) is 0 Å². The third-order valence-corrected chi connectivity index (χ3v) is 2.68. The van der Waals surface area contributed by atoms with Crippen molar-refractivity contribution in [3.05, 3.63) is 23.3 Å². The first-order valence-corrected chi connectivity index (χ1v) is 5.44. The zero-order valence-electron chi connectivity index (χ0n) is 10.6. The van der Waals surface area contributed by atoms with Gasteiger partial charge in [-0.05, 0) is 24.6 Å². The van der Waals surface area contributed by atoms with E-state index in [0.29, 0.717) is 11.3 Å². The lowest BCUT2D eigenvalue weighted by Gasteiger charge is -2.20. The van der Waals surface area contributed by atoms with Crippen molar-refractivity contribution in [1.29, 1.82) is 5.26 Å². The van der Waals surface area contributed by atoms with E-state index >= 15 is 0 Å². The van der Waals surface area contributed by atoms with Gasteiger partial charge in [0.15, 0.2) is 11.5 Å². The summed E-state index contributed by atoms with van der Waals surface area (Å²) in [5.74, 6) is -2.37. The van der Waals surface area contributed by atoms with Gasteiger partial charge in [0.1, 0.15) is 0 Å². The normalized spacial score (nSPS) is 10.9. The number of benzene rings is 1. The Balaban J connectivity index is 3.20. The quantitative estimate of drug-likeness (QED) is 0.809. The van der Waals surface area contributed by atoms with Crippen molar-refractivity contribution >= 4 is 0 Å². The van der Waals surface area contributed by atoms with E-state index in [1.54, 1.807) is 13.0 Å². The summed E-state index contributed by atoms with van der Waals surface area (Å²) in [6.45, 7) is 1.58. The van der Waals surface area contributed by atoms with E-state index in [2.05, 4.69) is 0 Å². The maximum absolute atomic E-state index is 13.9. The second-order valence-corrected chi connectivity index (χ2v) is 3.88.